The van der Waals surface area contributed by atoms with Crippen LogP contribution in [0.25, 0.3) is 0 Å². The van der Waals surface area contributed by atoms with Gasteiger partial charge in [0.1, 0.15) is 6.10 Å². The molecule has 1 heterocycles. The molecule has 13 heavy (non-hydrogen) atoms. The van der Waals surface area contributed by atoms with Gasteiger partial charge >= 0.3 is 5.97 Å². The number of cyclic esters (lactones) is 1. The largest absolute Gasteiger partial charge is 0.454 e. The third-order valence-electron chi connectivity index (χ3n) is 2.33. The lowest BCUT2D eigenvalue weighted by Gasteiger charge is -2.10. The Morgan fingerprint density at radius 1 is 1.54 bits per heavy atom. The van der Waals surface area contributed by atoms with Crippen LogP contribution in [-0.2, 0) is 9.53 Å². The van der Waals surface area contributed by atoms with Gasteiger partial charge in [0.2, 0.25) is 0 Å². The lowest BCUT2D eigenvalue weighted by atomic mass is 10.0. The smallest absolute Gasteiger partial charge is 0.334 e. The van der Waals surface area contributed by atoms with Gasteiger partial charge in [-0.05, 0) is 24.8 Å². The first-order valence-electron chi connectivity index (χ1n) is 5.06. The van der Waals surface area contributed by atoms with E-state index in [0.29, 0.717) is 5.92 Å². The van der Waals surface area contributed by atoms with E-state index in [0.717, 1.165) is 24.8 Å². The minimum absolute atomic E-state index is 0.0133. The summed E-state index contributed by atoms with van der Waals surface area (Å²) < 4.78 is 5.20. The van der Waals surface area contributed by atoms with Gasteiger partial charge in [-0.25, -0.2) is 4.79 Å². The zero-order valence-electron chi connectivity index (χ0n) is 8.67. The minimum Gasteiger partial charge on any atom is -0.454 e. The van der Waals surface area contributed by atoms with Crippen LogP contribution in [0.15, 0.2) is 11.6 Å². The van der Waals surface area contributed by atoms with Gasteiger partial charge < -0.3 is 4.74 Å². The lowest BCUT2D eigenvalue weighted by molar-refractivity contribution is -0.141. The summed E-state index contributed by atoms with van der Waals surface area (Å²) in [5.41, 5.74) is 0.876. The molecule has 74 valence electrons. The number of ether oxygens (including phenoxy) is 1. The van der Waals surface area contributed by atoms with Crippen LogP contribution in [-0.4, -0.2) is 12.1 Å². The molecule has 0 aromatic heterocycles. The highest BCUT2D eigenvalue weighted by atomic mass is 16.5. The zero-order valence-corrected chi connectivity index (χ0v) is 8.67. The number of esters is 1. The summed E-state index contributed by atoms with van der Waals surface area (Å²) in [5.74, 6) is 0.287. The third kappa shape index (κ3) is 2.58. The Morgan fingerprint density at radius 3 is 2.69 bits per heavy atom. The molecule has 1 atom stereocenters. The molecule has 0 aromatic carbocycles. The first-order chi connectivity index (χ1) is 6.15. The number of rotatable bonds is 4. The van der Waals surface area contributed by atoms with Gasteiger partial charge in [0, 0.05) is 5.57 Å². The molecule has 0 radical (unpaired) electrons. The molecule has 1 aliphatic rings. The molecular weight excluding hydrogens is 164 g/mol. The Bertz CT molecular complexity index is 216. The highest BCUT2D eigenvalue weighted by Crippen LogP contribution is 2.23. The van der Waals surface area contributed by atoms with Crippen molar-refractivity contribution in [2.75, 3.05) is 0 Å². The summed E-state index contributed by atoms with van der Waals surface area (Å²) in [5, 5.41) is 0. The van der Waals surface area contributed by atoms with Crippen LogP contribution in [0.3, 0.4) is 0 Å². The van der Waals surface area contributed by atoms with Crippen LogP contribution < -0.4 is 0 Å². The molecule has 1 unspecified atom stereocenters. The predicted octanol–water partition coefficient (Wildman–Crippen LogP) is 2.68. The quantitative estimate of drug-likeness (QED) is 0.625. The Morgan fingerprint density at radius 2 is 2.23 bits per heavy atom. The van der Waals surface area contributed by atoms with Gasteiger partial charge in [0.25, 0.3) is 0 Å². The SMILES string of the molecule is CCCCC1=CC(C(C)C)OC1=O. The van der Waals surface area contributed by atoms with Gasteiger partial charge in [0.15, 0.2) is 0 Å². The first kappa shape index (κ1) is 10.3. The fraction of sp³-hybridized carbons (Fsp3) is 0.727. The monoisotopic (exact) mass is 182 g/mol. The van der Waals surface area contributed by atoms with Crippen LogP contribution in [0.2, 0.25) is 0 Å². The van der Waals surface area contributed by atoms with Crippen molar-refractivity contribution in [1.29, 1.82) is 0 Å². The molecule has 0 fully saturated rings. The van der Waals surface area contributed by atoms with Crippen LogP contribution in [0, 0.1) is 5.92 Å². The summed E-state index contributed by atoms with van der Waals surface area (Å²) in [4.78, 5) is 11.3. The van der Waals surface area contributed by atoms with Crippen molar-refractivity contribution in [1.82, 2.24) is 0 Å². The van der Waals surface area contributed by atoms with E-state index in [1.807, 2.05) is 6.08 Å². The Hall–Kier alpha value is -0.790. The Labute approximate surface area is 80.0 Å². The van der Waals surface area contributed by atoms with Gasteiger partial charge in [-0.3, -0.25) is 0 Å². The normalized spacial score (nSPS) is 22.0. The summed E-state index contributed by atoms with van der Waals surface area (Å²) in [6, 6.07) is 0. The maximum Gasteiger partial charge on any atom is 0.334 e. The number of carbonyl (C=O) groups is 1. The summed E-state index contributed by atoms with van der Waals surface area (Å²) in [6.07, 6.45) is 5.07. The molecule has 0 N–H and O–H groups in total. The van der Waals surface area contributed by atoms with Gasteiger partial charge in [0.05, 0.1) is 0 Å². The van der Waals surface area contributed by atoms with E-state index in [4.69, 9.17) is 4.74 Å². The van der Waals surface area contributed by atoms with E-state index in [2.05, 4.69) is 20.8 Å². The highest BCUT2D eigenvalue weighted by Gasteiger charge is 2.26. The first-order valence-corrected chi connectivity index (χ1v) is 5.06. The van der Waals surface area contributed by atoms with Crippen LogP contribution in [0.5, 0.6) is 0 Å². The summed E-state index contributed by atoms with van der Waals surface area (Å²) in [6.45, 7) is 6.26. The van der Waals surface area contributed by atoms with E-state index >= 15 is 0 Å². The van der Waals surface area contributed by atoms with Crippen LogP contribution in [0.4, 0.5) is 0 Å². The predicted molar refractivity (Wildman–Crippen MR) is 52.3 cm³/mol. The molecule has 0 aromatic rings. The standard InChI is InChI=1S/C11H18O2/c1-4-5-6-9-7-10(8(2)3)13-11(9)12/h7-8,10H,4-6H2,1-3H3. The van der Waals surface area contributed by atoms with E-state index in [-0.39, 0.29) is 12.1 Å². The fourth-order valence-corrected chi connectivity index (χ4v) is 1.38. The number of hydrogen-bond acceptors (Lipinski definition) is 2. The second kappa shape index (κ2) is 4.45. The van der Waals surface area contributed by atoms with E-state index in [1.54, 1.807) is 0 Å². The molecule has 0 bridgehead atoms. The Kier molecular flexibility index (Phi) is 3.52. The van der Waals surface area contributed by atoms with Crippen LogP contribution in [0.1, 0.15) is 40.0 Å². The van der Waals surface area contributed by atoms with Crippen molar-refractivity contribution in [3.05, 3.63) is 11.6 Å². The van der Waals surface area contributed by atoms with Crippen molar-refractivity contribution in [2.24, 2.45) is 5.92 Å². The molecule has 1 rings (SSSR count). The van der Waals surface area contributed by atoms with E-state index in [9.17, 15) is 4.79 Å². The average molecular weight is 182 g/mol. The molecule has 0 saturated heterocycles. The number of hydrogen-bond donors (Lipinski definition) is 0. The van der Waals surface area contributed by atoms with E-state index in [1.165, 1.54) is 0 Å². The average Bonchev–Trinajstić information content (AvgIpc) is 2.44. The number of unbranched alkanes of at least 4 members (excludes halogenated alkanes) is 1. The van der Waals surface area contributed by atoms with Gasteiger partial charge in [-0.15, -0.1) is 0 Å². The van der Waals surface area contributed by atoms with Crippen molar-refractivity contribution >= 4 is 5.97 Å². The maximum absolute atomic E-state index is 11.3. The molecule has 0 amide bonds. The lowest BCUT2D eigenvalue weighted by Crippen LogP contribution is -2.14. The topological polar surface area (TPSA) is 26.3 Å². The summed E-state index contributed by atoms with van der Waals surface area (Å²) in [7, 11) is 0. The van der Waals surface area contributed by atoms with Gasteiger partial charge in [-0.1, -0.05) is 27.2 Å². The highest BCUT2D eigenvalue weighted by molar-refractivity contribution is 5.90. The molecular formula is C11H18O2. The van der Waals surface area contributed by atoms with Crippen molar-refractivity contribution in [3.8, 4) is 0 Å². The van der Waals surface area contributed by atoms with E-state index < -0.39 is 0 Å². The molecule has 2 nitrogen and oxygen atoms in total. The Balaban J connectivity index is 2.52. The van der Waals surface area contributed by atoms with Gasteiger partial charge in [-0.2, -0.15) is 0 Å². The second-order valence-corrected chi connectivity index (χ2v) is 3.91. The molecule has 1 aliphatic heterocycles. The zero-order chi connectivity index (χ0) is 9.84. The van der Waals surface area contributed by atoms with Crippen molar-refractivity contribution < 1.29 is 9.53 Å². The molecule has 2 heteroatoms. The second-order valence-electron chi connectivity index (χ2n) is 3.91. The van der Waals surface area contributed by atoms with Crippen molar-refractivity contribution in [2.45, 2.75) is 46.1 Å². The third-order valence-corrected chi connectivity index (χ3v) is 2.33. The minimum atomic E-state index is -0.104. The maximum atomic E-state index is 11.3. The number of carbonyl (C=O) groups excluding carboxylic acids is 1. The fourth-order valence-electron chi connectivity index (χ4n) is 1.38. The van der Waals surface area contributed by atoms with Crippen LogP contribution >= 0.6 is 0 Å². The molecule has 0 aliphatic carbocycles. The molecule has 0 spiro atoms. The molecule has 0 saturated carbocycles. The van der Waals surface area contributed by atoms with Crippen molar-refractivity contribution in [3.63, 3.8) is 0 Å². The summed E-state index contributed by atoms with van der Waals surface area (Å²) >= 11 is 0.